The molecule has 5 nitrogen and oxygen atoms in total. The van der Waals surface area contributed by atoms with Gasteiger partial charge in [-0.05, 0) is 43.9 Å². The van der Waals surface area contributed by atoms with E-state index in [0.717, 1.165) is 49.7 Å². The number of nitrogens with zero attached hydrogens (tertiary/aromatic N) is 1. The number of ether oxygens (including phenoxy) is 1. The Balaban J connectivity index is 1.44. The lowest BCUT2D eigenvalue weighted by Crippen LogP contribution is -2.50. The molecule has 1 aliphatic heterocycles. The van der Waals surface area contributed by atoms with E-state index in [9.17, 15) is 4.79 Å². The summed E-state index contributed by atoms with van der Waals surface area (Å²) < 4.78 is 5.70. The molecule has 24 heavy (non-hydrogen) atoms. The summed E-state index contributed by atoms with van der Waals surface area (Å²) in [6.45, 7) is 8.24. The highest BCUT2D eigenvalue weighted by molar-refractivity contribution is 6.31. The zero-order chi connectivity index (χ0) is 17.2. The molecular weight excluding hydrogens is 326 g/mol. The van der Waals surface area contributed by atoms with Crippen molar-refractivity contribution < 1.29 is 9.53 Å². The van der Waals surface area contributed by atoms with Crippen LogP contribution in [0.25, 0.3) is 0 Å². The first-order valence-electron chi connectivity index (χ1n) is 8.62. The highest BCUT2D eigenvalue weighted by atomic mass is 35.5. The molecule has 0 saturated carbocycles. The normalized spacial score (nSPS) is 22.9. The van der Waals surface area contributed by atoms with Gasteiger partial charge >= 0.3 is 6.03 Å². The molecular formula is C18H26ClN3O2. The molecule has 132 valence electrons. The van der Waals surface area contributed by atoms with Crippen LogP contribution in [0.4, 0.5) is 4.79 Å². The van der Waals surface area contributed by atoms with E-state index in [1.165, 1.54) is 5.56 Å². The highest BCUT2D eigenvalue weighted by Gasteiger charge is 2.27. The van der Waals surface area contributed by atoms with Crippen LogP contribution in [-0.2, 0) is 11.2 Å². The zero-order valence-corrected chi connectivity index (χ0v) is 15.2. The summed E-state index contributed by atoms with van der Waals surface area (Å²) in [6, 6.07) is 5.85. The number of carbonyl (C=O) groups is 1. The molecule has 1 aromatic carbocycles. The highest BCUT2D eigenvalue weighted by Crippen LogP contribution is 2.35. The molecule has 3 rings (SSSR count). The van der Waals surface area contributed by atoms with E-state index >= 15 is 0 Å². The molecule has 1 unspecified atom stereocenters. The van der Waals surface area contributed by atoms with Gasteiger partial charge in [0, 0.05) is 31.2 Å². The quantitative estimate of drug-likeness (QED) is 0.877. The molecule has 6 heteroatoms. The van der Waals surface area contributed by atoms with Gasteiger partial charge in [0.15, 0.2) is 0 Å². The fourth-order valence-electron chi connectivity index (χ4n) is 3.60. The molecule has 1 atom stereocenters. The van der Waals surface area contributed by atoms with Crippen molar-refractivity contribution in [3.05, 3.63) is 34.3 Å². The molecule has 2 aliphatic rings. The standard InChI is InChI=1S/C18H26ClN3O2/c1-18(2)12-22(10-11-24-18)9-8-20-17(23)21-16-7-6-13-14(16)4-3-5-15(13)19/h3-5,16H,6-12H2,1-2H3,(H2,20,21,23). The first-order valence-corrected chi connectivity index (χ1v) is 9.00. The number of halogens is 1. The lowest BCUT2D eigenvalue weighted by atomic mass is 10.1. The van der Waals surface area contributed by atoms with Gasteiger partial charge in [0.05, 0.1) is 18.2 Å². The predicted octanol–water partition coefficient (Wildman–Crippen LogP) is 2.74. The van der Waals surface area contributed by atoms with Crippen LogP contribution in [-0.4, -0.2) is 49.3 Å². The lowest BCUT2D eigenvalue weighted by molar-refractivity contribution is -0.0852. The van der Waals surface area contributed by atoms with Crippen LogP contribution in [0.2, 0.25) is 5.02 Å². The van der Waals surface area contributed by atoms with Crippen LogP contribution in [0.15, 0.2) is 18.2 Å². The molecule has 1 aliphatic carbocycles. The van der Waals surface area contributed by atoms with Gasteiger partial charge in [0.1, 0.15) is 0 Å². The van der Waals surface area contributed by atoms with E-state index in [1.54, 1.807) is 0 Å². The molecule has 0 radical (unpaired) electrons. The first-order chi connectivity index (χ1) is 11.4. The monoisotopic (exact) mass is 351 g/mol. The van der Waals surface area contributed by atoms with Crippen molar-refractivity contribution in [1.82, 2.24) is 15.5 Å². The summed E-state index contributed by atoms with van der Waals surface area (Å²) in [7, 11) is 0. The molecule has 1 aromatic rings. The number of urea groups is 1. The summed E-state index contributed by atoms with van der Waals surface area (Å²) in [5, 5.41) is 6.83. The van der Waals surface area contributed by atoms with Crippen molar-refractivity contribution >= 4 is 17.6 Å². The van der Waals surface area contributed by atoms with Gasteiger partial charge < -0.3 is 15.4 Å². The number of morpholine rings is 1. The number of amides is 2. The maximum Gasteiger partial charge on any atom is 0.315 e. The van der Waals surface area contributed by atoms with Gasteiger partial charge in [-0.1, -0.05) is 23.7 Å². The van der Waals surface area contributed by atoms with Crippen LogP contribution >= 0.6 is 11.6 Å². The first kappa shape index (κ1) is 17.5. The van der Waals surface area contributed by atoms with Crippen LogP contribution in [0.1, 0.15) is 37.4 Å². The van der Waals surface area contributed by atoms with Gasteiger partial charge in [-0.2, -0.15) is 0 Å². The van der Waals surface area contributed by atoms with Crippen molar-refractivity contribution in [1.29, 1.82) is 0 Å². The van der Waals surface area contributed by atoms with Crippen molar-refractivity contribution in [2.45, 2.75) is 38.3 Å². The SMILES string of the molecule is CC1(C)CN(CCNC(=O)NC2CCc3c(Cl)cccc32)CCO1. The number of fused-ring (bicyclic) bond motifs is 1. The molecule has 2 amide bonds. The minimum absolute atomic E-state index is 0.0565. The van der Waals surface area contributed by atoms with Crippen LogP contribution in [0.5, 0.6) is 0 Å². The topological polar surface area (TPSA) is 53.6 Å². The van der Waals surface area contributed by atoms with Gasteiger partial charge in [-0.15, -0.1) is 0 Å². The van der Waals surface area contributed by atoms with Gasteiger partial charge in [0.2, 0.25) is 0 Å². The van der Waals surface area contributed by atoms with Crippen molar-refractivity contribution in [2.24, 2.45) is 0 Å². The van der Waals surface area contributed by atoms with Crippen molar-refractivity contribution in [2.75, 3.05) is 32.8 Å². The Morgan fingerprint density at radius 2 is 2.29 bits per heavy atom. The van der Waals surface area contributed by atoms with Crippen LogP contribution < -0.4 is 10.6 Å². The summed E-state index contributed by atoms with van der Waals surface area (Å²) >= 11 is 6.22. The van der Waals surface area contributed by atoms with E-state index in [-0.39, 0.29) is 17.7 Å². The van der Waals surface area contributed by atoms with Gasteiger partial charge in [0.25, 0.3) is 0 Å². The van der Waals surface area contributed by atoms with E-state index < -0.39 is 0 Å². The van der Waals surface area contributed by atoms with Crippen LogP contribution in [0.3, 0.4) is 0 Å². The maximum absolute atomic E-state index is 12.2. The largest absolute Gasteiger partial charge is 0.373 e. The third kappa shape index (κ3) is 4.21. The lowest BCUT2D eigenvalue weighted by Gasteiger charge is -2.38. The predicted molar refractivity (Wildman–Crippen MR) is 95.5 cm³/mol. The number of hydrogen-bond donors (Lipinski definition) is 2. The second kappa shape index (κ2) is 7.30. The molecule has 1 saturated heterocycles. The number of nitrogens with one attached hydrogen (secondary N) is 2. The minimum Gasteiger partial charge on any atom is -0.373 e. The third-order valence-electron chi connectivity index (χ3n) is 4.74. The summed E-state index contributed by atoms with van der Waals surface area (Å²) in [5.74, 6) is 0. The van der Waals surface area contributed by atoms with Gasteiger partial charge in [-0.25, -0.2) is 4.79 Å². The zero-order valence-electron chi connectivity index (χ0n) is 14.4. The van der Waals surface area contributed by atoms with Crippen molar-refractivity contribution in [3.8, 4) is 0 Å². The van der Waals surface area contributed by atoms with E-state index in [4.69, 9.17) is 16.3 Å². The molecule has 2 N–H and O–H groups in total. The number of benzene rings is 1. The molecule has 0 aromatic heterocycles. The minimum atomic E-state index is -0.111. The van der Waals surface area contributed by atoms with E-state index in [1.807, 2.05) is 12.1 Å². The maximum atomic E-state index is 12.2. The second-order valence-corrected chi connectivity index (χ2v) is 7.59. The fourth-order valence-corrected chi connectivity index (χ4v) is 3.88. The Morgan fingerprint density at radius 3 is 3.08 bits per heavy atom. The third-order valence-corrected chi connectivity index (χ3v) is 5.09. The Kier molecular flexibility index (Phi) is 5.33. The number of carbonyl (C=O) groups excluding carboxylic acids is 1. The Bertz CT molecular complexity index is 606. The Morgan fingerprint density at radius 1 is 1.46 bits per heavy atom. The summed E-state index contributed by atoms with van der Waals surface area (Å²) in [4.78, 5) is 14.5. The Labute approximate surface area is 148 Å². The van der Waals surface area contributed by atoms with Crippen LogP contribution in [0, 0.1) is 0 Å². The Hall–Kier alpha value is -1.30. The number of hydrogen-bond acceptors (Lipinski definition) is 3. The second-order valence-electron chi connectivity index (χ2n) is 7.18. The van der Waals surface area contributed by atoms with Crippen molar-refractivity contribution in [3.63, 3.8) is 0 Å². The van der Waals surface area contributed by atoms with E-state index in [2.05, 4.69) is 35.4 Å². The van der Waals surface area contributed by atoms with Gasteiger partial charge in [-0.3, -0.25) is 4.90 Å². The molecule has 1 fully saturated rings. The summed E-state index contributed by atoms with van der Waals surface area (Å²) in [5.41, 5.74) is 2.21. The molecule has 0 spiro atoms. The molecule has 1 heterocycles. The van der Waals surface area contributed by atoms with E-state index in [0.29, 0.717) is 6.54 Å². The smallest absolute Gasteiger partial charge is 0.315 e. The molecule has 0 bridgehead atoms. The average molecular weight is 352 g/mol. The summed E-state index contributed by atoms with van der Waals surface area (Å²) in [6.07, 6.45) is 1.83. The average Bonchev–Trinajstić information content (AvgIpc) is 2.91. The fraction of sp³-hybridized carbons (Fsp3) is 0.611. The number of rotatable bonds is 4.